The highest BCUT2D eigenvalue weighted by atomic mass is 35.5. The van der Waals surface area contributed by atoms with E-state index in [4.69, 9.17) is 16.7 Å². The molecule has 1 heterocycles. The van der Waals surface area contributed by atoms with Crippen LogP contribution in [0.15, 0.2) is 53.3 Å². The maximum atomic E-state index is 12.8. The molecule has 0 bridgehead atoms. The first-order valence-corrected chi connectivity index (χ1v) is 7.87. The van der Waals surface area contributed by atoms with Crippen LogP contribution in [-0.4, -0.2) is 20.6 Å². The predicted octanol–water partition coefficient (Wildman–Crippen LogP) is 3.12. The molecular formula is C18H15ClN2O3. The Balaban J connectivity index is 2.11. The maximum absolute atomic E-state index is 12.8. The summed E-state index contributed by atoms with van der Waals surface area (Å²) in [7, 11) is 0. The topological polar surface area (TPSA) is 72.2 Å². The van der Waals surface area contributed by atoms with Crippen molar-refractivity contribution in [1.29, 1.82) is 0 Å². The Bertz CT molecular complexity index is 966. The van der Waals surface area contributed by atoms with Crippen molar-refractivity contribution in [2.24, 2.45) is 0 Å². The Hall–Kier alpha value is -2.66. The van der Waals surface area contributed by atoms with Crippen LogP contribution in [0.5, 0.6) is 0 Å². The summed E-state index contributed by atoms with van der Waals surface area (Å²) in [6.07, 6.45) is -0.0215. The minimum Gasteiger partial charge on any atom is -0.481 e. The van der Waals surface area contributed by atoms with Crippen molar-refractivity contribution >= 4 is 28.6 Å². The minimum atomic E-state index is -0.953. The Kier molecular flexibility index (Phi) is 4.62. The molecule has 24 heavy (non-hydrogen) atoms. The molecular weight excluding hydrogens is 328 g/mol. The second-order valence-electron chi connectivity index (χ2n) is 5.46. The largest absolute Gasteiger partial charge is 0.481 e. The van der Waals surface area contributed by atoms with E-state index in [0.29, 0.717) is 22.6 Å². The third-order valence-corrected chi connectivity index (χ3v) is 3.96. The van der Waals surface area contributed by atoms with Gasteiger partial charge in [0.1, 0.15) is 5.69 Å². The number of aromatic nitrogens is 2. The zero-order chi connectivity index (χ0) is 17.1. The first-order valence-electron chi connectivity index (χ1n) is 7.49. The number of carbonyl (C=O) groups is 1. The first kappa shape index (κ1) is 16.2. The van der Waals surface area contributed by atoms with E-state index in [1.54, 1.807) is 16.7 Å². The number of fused-ring (bicyclic) bond motifs is 1. The molecule has 0 aliphatic rings. The van der Waals surface area contributed by atoms with Crippen molar-refractivity contribution in [2.75, 3.05) is 0 Å². The van der Waals surface area contributed by atoms with E-state index in [2.05, 4.69) is 4.98 Å². The average molecular weight is 343 g/mol. The highest BCUT2D eigenvalue weighted by molar-refractivity contribution is 6.30. The zero-order valence-electron chi connectivity index (χ0n) is 12.8. The molecule has 0 fully saturated rings. The number of aliphatic carboxylic acids is 1. The van der Waals surface area contributed by atoms with Gasteiger partial charge >= 0.3 is 5.97 Å². The molecule has 3 rings (SSSR count). The normalized spacial score (nSPS) is 10.9. The predicted molar refractivity (Wildman–Crippen MR) is 92.5 cm³/mol. The Labute approximate surface area is 143 Å². The van der Waals surface area contributed by atoms with Gasteiger partial charge in [0.05, 0.1) is 24.0 Å². The third kappa shape index (κ3) is 3.46. The number of benzene rings is 2. The summed E-state index contributed by atoms with van der Waals surface area (Å²) < 4.78 is 1.62. The quantitative estimate of drug-likeness (QED) is 0.773. The van der Waals surface area contributed by atoms with Crippen LogP contribution in [0.1, 0.15) is 17.7 Å². The molecule has 1 aromatic heterocycles. The summed E-state index contributed by atoms with van der Waals surface area (Å²) in [5.74, 6) is -0.953. The summed E-state index contributed by atoms with van der Waals surface area (Å²) in [5.41, 5.74) is 2.26. The van der Waals surface area contributed by atoms with Gasteiger partial charge in [-0.15, -0.1) is 0 Å². The van der Waals surface area contributed by atoms with E-state index in [9.17, 15) is 9.59 Å². The molecule has 0 saturated heterocycles. The van der Waals surface area contributed by atoms with Crippen LogP contribution in [0.2, 0.25) is 5.02 Å². The second kappa shape index (κ2) is 6.84. The van der Waals surface area contributed by atoms with E-state index in [1.165, 1.54) is 0 Å². The smallest absolute Gasteiger partial charge is 0.303 e. The van der Waals surface area contributed by atoms with E-state index in [0.717, 1.165) is 5.56 Å². The van der Waals surface area contributed by atoms with Crippen molar-refractivity contribution in [1.82, 2.24) is 9.55 Å². The van der Waals surface area contributed by atoms with Crippen LogP contribution in [0, 0.1) is 0 Å². The van der Waals surface area contributed by atoms with E-state index < -0.39 is 5.97 Å². The number of hydrogen-bond acceptors (Lipinski definition) is 3. The van der Waals surface area contributed by atoms with E-state index >= 15 is 0 Å². The fourth-order valence-electron chi connectivity index (χ4n) is 2.61. The number of hydrogen-bond donors (Lipinski definition) is 1. The second-order valence-corrected chi connectivity index (χ2v) is 5.90. The molecule has 1 N–H and O–H groups in total. The van der Waals surface area contributed by atoms with Gasteiger partial charge in [-0.05, 0) is 29.8 Å². The maximum Gasteiger partial charge on any atom is 0.303 e. The first-order chi connectivity index (χ1) is 11.5. The summed E-state index contributed by atoms with van der Waals surface area (Å²) in [6.45, 7) is 0.350. The van der Waals surface area contributed by atoms with Crippen molar-refractivity contribution in [3.63, 3.8) is 0 Å². The summed E-state index contributed by atoms with van der Waals surface area (Å²) in [6, 6.07) is 14.6. The van der Waals surface area contributed by atoms with Crippen LogP contribution < -0.4 is 5.56 Å². The summed E-state index contributed by atoms with van der Waals surface area (Å²) in [4.78, 5) is 27.9. The van der Waals surface area contributed by atoms with Gasteiger partial charge in [-0.3, -0.25) is 9.59 Å². The van der Waals surface area contributed by atoms with Crippen LogP contribution >= 0.6 is 11.6 Å². The van der Waals surface area contributed by atoms with Gasteiger partial charge in [0.15, 0.2) is 0 Å². The molecule has 0 aliphatic carbocycles. The number of aryl methyl sites for hydroxylation is 1. The Morgan fingerprint density at radius 3 is 2.71 bits per heavy atom. The van der Waals surface area contributed by atoms with Crippen molar-refractivity contribution < 1.29 is 9.90 Å². The standard InChI is InChI=1S/C18H15ClN2O3/c19-13-5-3-4-12(10-13)11-21-16-7-2-1-6-14(16)20-15(18(21)24)8-9-17(22)23/h1-7,10H,8-9,11H2,(H,22,23). The SMILES string of the molecule is O=C(O)CCc1nc2ccccc2n(Cc2cccc(Cl)c2)c1=O. The monoisotopic (exact) mass is 342 g/mol. The molecule has 122 valence electrons. The van der Waals surface area contributed by atoms with Gasteiger partial charge in [-0.2, -0.15) is 0 Å². The molecule has 6 heteroatoms. The van der Waals surface area contributed by atoms with Crippen LogP contribution in [-0.2, 0) is 17.8 Å². The van der Waals surface area contributed by atoms with Crippen molar-refractivity contribution in [3.05, 3.63) is 75.2 Å². The molecule has 0 saturated carbocycles. The Morgan fingerprint density at radius 2 is 1.96 bits per heavy atom. The highest BCUT2D eigenvalue weighted by Crippen LogP contribution is 2.15. The lowest BCUT2D eigenvalue weighted by Crippen LogP contribution is -2.26. The number of para-hydroxylation sites is 2. The molecule has 0 spiro atoms. The minimum absolute atomic E-state index is 0.106. The van der Waals surface area contributed by atoms with E-state index in [-0.39, 0.29) is 24.1 Å². The fraction of sp³-hybridized carbons (Fsp3) is 0.167. The number of halogens is 1. The molecule has 0 unspecified atom stereocenters. The lowest BCUT2D eigenvalue weighted by atomic mass is 10.2. The zero-order valence-corrected chi connectivity index (χ0v) is 13.5. The van der Waals surface area contributed by atoms with Gasteiger partial charge in [-0.25, -0.2) is 4.98 Å². The molecule has 0 amide bonds. The van der Waals surface area contributed by atoms with Crippen LogP contribution in [0.4, 0.5) is 0 Å². The van der Waals surface area contributed by atoms with Gasteiger partial charge < -0.3 is 9.67 Å². The fourth-order valence-corrected chi connectivity index (χ4v) is 2.82. The van der Waals surface area contributed by atoms with Crippen LogP contribution in [0.25, 0.3) is 11.0 Å². The molecule has 0 aliphatic heterocycles. The van der Waals surface area contributed by atoms with Crippen molar-refractivity contribution in [2.45, 2.75) is 19.4 Å². The number of carboxylic acid groups (broad SMARTS) is 1. The summed E-state index contributed by atoms with van der Waals surface area (Å²) in [5, 5.41) is 9.46. The lowest BCUT2D eigenvalue weighted by molar-refractivity contribution is -0.136. The van der Waals surface area contributed by atoms with Crippen molar-refractivity contribution in [3.8, 4) is 0 Å². The van der Waals surface area contributed by atoms with Gasteiger partial charge in [-0.1, -0.05) is 35.9 Å². The van der Waals surface area contributed by atoms with E-state index in [1.807, 2.05) is 36.4 Å². The van der Waals surface area contributed by atoms with Gasteiger partial charge in [0.2, 0.25) is 0 Å². The summed E-state index contributed by atoms with van der Waals surface area (Å²) >= 11 is 6.02. The number of carboxylic acids is 1. The Morgan fingerprint density at radius 1 is 1.17 bits per heavy atom. The number of nitrogens with zero attached hydrogens (tertiary/aromatic N) is 2. The van der Waals surface area contributed by atoms with Gasteiger partial charge in [0.25, 0.3) is 5.56 Å². The average Bonchev–Trinajstić information content (AvgIpc) is 2.56. The molecule has 3 aromatic rings. The third-order valence-electron chi connectivity index (χ3n) is 3.73. The molecule has 0 radical (unpaired) electrons. The van der Waals surface area contributed by atoms with Crippen LogP contribution in [0.3, 0.4) is 0 Å². The molecule has 2 aromatic carbocycles. The molecule has 0 atom stereocenters. The lowest BCUT2D eigenvalue weighted by Gasteiger charge is -2.12. The number of rotatable bonds is 5. The van der Waals surface area contributed by atoms with Gasteiger partial charge in [0, 0.05) is 11.4 Å². The molecule has 5 nitrogen and oxygen atoms in total. The highest BCUT2D eigenvalue weighted by Gasteiger charge is 2.12.